The molecular weight excluding hydrogens is 372 g/mol. The highest BCUT2D eigenvalue weighted by Crippen LogP contribution is 2.40. The fourth-order valence-electron chi connectivity index (χ4n) is 4.06. The maximum atomic E-state index is 12.7. The number of ether oxygens (including phenoxy) is 1. The Balaban J connectivity index is 1.70. The van der Waals surface area contributed by atoms with E-state index >= 15 is 0 Å². The molecule has 3 rings (SSSR count). The van der Waals surface area contributed by atoms with Gasteiger partial charge < -0.3 is 20.1 Å². The molecule has 27 heavy (non-hydrogen) atoms. The number of carbonyl (C=O) groups excluding carboxylic acids is 2. The number of aliphatic hydroxyl groups is 1. The Morgan fingerprint density at radius 2 is 2.07 bits per heavy atom. The molecule has 2 atom stereocenters. The number of likely N-dealkylation sites (tertiary alicyclic amines) is 1. The average molecular weight is 399 g/mol. The van der Waals surface area contributed by atoms with E-state index in [4.69, 9.17) is 16.3 Å². The van der Waals surface area contributed by atoms with E-state index < -0.39 is 17.2 Å². The lowest BCUT2D eigenvalue weighted by molar-refractivity contribution is -0.205. The molecule has 2 saturated heterocycles. The van der Waals surface area contributed by atoms with Gasteiger partial charge in [0.1, 0.15) is 6.10 Å². The molecule has 0 saturated carbocycles. The second-order valence-electron chi connectivity index (χ2n) is 7.68. The van der Waals surface area contributed by atoms with Crippen LogP contribution in [0.3, 0.4) is 0 Å². The Morgan fingerprint density at radius 3 is 2.63 bits per heavy atom. The van der Waals surface area contributed by atoms with E-state index in [0.717, 1.165) is 0 Å². The molecule has 8 nitrogen and oxygen atoms in total. The number of hydrogen-bond acceptors (Lipinski definition) is 5. The van der Waals surface area contributed by atoms with Crippen molar-refractivity contribution in [3.8, 4) is 0 Å². The van der Waals surface area contributed by atoms with Crippen LogP contribution in [0.4, 0.5) is 0 Å². The number of amides is 2. The number of nitrogens with zero attached hydrogens (tertiary/aromatic N) is 3. The van der Waals surface area contributed by atoms with Crippen molar-refractivity contribution in [3.05, 3.63) is 16.9 Å². The van der Waals surface area contributed by atoms with Crippen LogP contribution < -0.4 is 5.32 Å². The highest BCUT2D eigenvalue weighted by Gasteiger charge is 2.54. The van der Waals surface area contributed by atoms with E-state index in [1.165, 1.54) is 4.68 Å². The summed E-state index contributed by atoms with van der Waals surface area (Å²) in [4.78, 5) is 26.3. The molecule has 0 aliphatic carbocycles. The van der Waals surface area contributed by atoms with E-state index in [9.17, 15) is 14.7 Å². The van der Waals surface area contributed by atoms with Gasteiger partial charge in [-0.3, -0.25) is 14.3 Å². The molecule has 150 valence electrons. The third-order valence-corrected chi connectivity index (χ3v) is 6.02. The number of aromatic nitrogens is 2. The Hall–Kier alpha value is -1.64. The number of hydrogen-bond donors (Lipinski definition) is 2. The number of aliphatic hydroxyl groups excluding tert-OH is 1. The van der Waals surface area contributed by atoms with E-state index in [0.29, 0.717) is 50.4 Å². The minimum atomic E-state index is -0.843. The topological polar surface area (TPSA) is 96.7 Å². The highest BCUT2D eigenvalue weighted by atomic mass is 35.5. The number of aryl methyl sites for hydroxylation is 1. The summed E-state index contributed by atoms with van der Waals surface area (Å²) >= 11 is 6.09. The molecule has 2 fully saturated rings. The fourth-order valence-corrected chi connectivity index (χ4v) is 4.32. The highest BCUT2D eigenvalue weighted by molar-refractivity contribution is 6.33. The number of halogens is 1. The standard InChI is InChI=1S/C18H27ClN4O4/c1-4-13(24)20-17(2)7-10-27-18(16(17)26)5-8-23(9-6-18)15(25)14-12(19)11-22(3)21-14/h11,16,26H,4-10H2,1-3H3,(H,20,24)/t16-,17+/m0/s1. The van der Waals surface area contributed by atoms with E-state index in [1.807, 2.05) is 6.92 Å². The van der Waals surface area contributed by atoms with Gasteiger partial charge in [-0.05, 0) is 26.2 Å². The summed E-state index contributed by atoms with van der Waals surface area (Å²) in [5.74, 6) is -0.311. The normalized spacial score (nSPS) is 27.6. The quantitative estimate of drug-likeness (QED) is 0.795. The summed E-state index contributed by atoms with van der Waals surface area (Å²) in [5.41, 5.74) is -1.26. The summed E-state index contributed by atoms with van der Waals surface area (Å²) in [6.45, 7) is 4.96. The molecule has 1 aromatic rings. The summed E-state index contributed by atoms with van der Waals surface area (Å²) in [6.07, 6.45) is 2.64. The van der Waals surface area contributed by atoms with Crippen LogP contribution >= 0.6 is 11.6 Å². The van der Waals surface area contributed by atoms with Crippen molar-refractivity contribution in [3.63, 3.8) is 0 Å². The van der Waals surface area contributed by atoms with Crippen LogP contribution in [0.25, 0.3) is 0 Å². The molecule has 9 heteroatoms. The monoisotopic (exact) mass is 398 g/mol. The Kier molecular flexibility index (Phi) is 5.52. The maximum Gasteiger partial charge on any atom is 0.275 e. The predicted octanol–water partition coefficient (Wildman–Crippen LogP) is 1.11. The van der Waals surface area contributed by atoms with Crippen LogP contribution in [0.1, 0.15) is 50.0 Å². The van der Waals surface area contributed by atoms with Gasteiger partial charge in [0.05, 0.1) is 16.2 Å². The first kappa shape index (κ1) is 20.1. The minimum absolute atomic E-state index is 0.0917. The molecule has 3 heterocycles. The lowest BCUT2D eigenvalue weighted by atomic mass is 9.73. The largest absolute Gasteiger partial charge is 0.388 e. The van der Waals surface area contributed by atoms with Crippen LogP contribution in [0, 0.1) is 0 Å². The summed E-state index contributed by atoms with van der Waals surface area (Å²) < 4.78 is 7.52. The lowest BCUT2D eigenvalue weighted by Crippen LogP contribution is -2.69. The lowest BCUT2D eigenvalue weighted by Gasteiger charge is -2.53. The van der Waals surface area contributed by atoms with Gasteiger partial charge in [-0.15, -0.1) is 0 Å². The molecule has 0 unspecified atom stereocenters. The van der Waals surface area contributed by atoms with Crippen molar-refractivity contribution in [2.45, 2.75) is 56.8 Å². The second-order valence-corrected chi connectivity index (χ2v) is 8.08. The molecule has 2 amide bonds. The Bertz CT molecular complexity index is 729. The maximum absolute atomic E-state index is 12.7. The summed E-state index contributed by atoms with van der Waals surface area (Å²) in [5, 5.41) is 18.5. The summed E-state index contributed by atoms with van der Waals surface area (Å²) in [6, 6.07) is 0. The first-order valence-electron chi connectivity index (χ1n) is 9.32. The zero-order valence-electron chi connectivity index (χ0n) is 16.0. The van der Waals surface area contributed by atoms with Gasteiger partial charge in [0, 0.05) is 39.4 Å². The molecule has 2 aliphatic heterocycles. The first-order chi connectivity index (χ1) is 12.7. The van der Waals surface area contributed by atoms with E-state index in [2.05, 4.69) is 10.4 Å². The van der Waals surface area contributed by atoms with Gasteiger partial charge in [0.2, 0.25) is 5.91 Å². The van der Waals surface area contributed by atoms with Crippen LogP contribution in [0.5, 0.6) is 0 Å². The van der Waals surface area contributed by atoms with Crippen LogP contribution in [0.2, 0.25) is 5.02 Å². The zero-order valence-corrected chi connectivity index (χ0v) is 16.8. The smallest absolute Gasteiger partial charge is 0.275 e. The van der Waals surface area contributed by atoms with Gasteiger partial charge in [0.25, 0.3) is 5.91 Å². The van der Waals surface area contributed by atoms with E-state index in [-0.39, 0.29) is 17.5 Å². The van der Waals surface area contributed by atoms with Crippen LogP contribution in [-0.4, -0.2) is 68.5 Å². The second kappa shape index (κ2) is 7.41. The number of piperidine rings is 1. The molecule has 2 aliphatic rings. The summed E-state index contributed by atoms with van der Waals surface area (Å²) in [7, 11) is 1.71. The molecule has 1 spiro atoms. The van der Waals surface area contributed by atoms with Crippen LogP contribution in [-0.2, 0) is 16.6 Å². The molecule has 0 bridgehead atoms. The van der Waals surface area contributed by atoms with Crippen LogP contribution in [0.15, 0.2) is 6.20 Å². The van der Waals surface area contributed by atoms with Crippen molar-refractivity contribution in [2.24, 2.45) is 7.05 Å². The fraction of sp³-hybridized carbons (Fsp3) is 0.722. The SMILES string of the molecule is CCC(=O)N[C@]1(C)CCOC2(CCN(C(=O)c3nn(C)cc3Cl)CC2)[C@H]1O. The molecule has 2 N–H and O–H groups in total. The third kappa shape index (κ3) is 3.70. The van der Waals surface area contributed by atoms with E-state index in [1.54, 1.807) is 25.1 Å². The van der Waals surface area contributed by atoms with Crippen molar-refractivity contribution in [1.82, 2.24) is 20.0 Å². The molecular formula is C18H27ClN4O4. The molecule has 0 radical (unpaired) electrons. The predicted molar refractivity (Wildman–Crippen MR) is 99.5 cm³/mol. The number of nitrogens with one attached hydrogen (secondary N) is 1. The zero-order chi connectivity index (χ0) is 19.8. The first-order valence-corrected chi connectivity index (χ1v) is 9.70. The van der Waals surface area contributed by atoms with Crippen molar-refractivity contribution >= 4 is 23.4 Å². The van der Waals surface area contributed by atoms with Crippen molar-refractivity contribution in [2.75, 3.05) is 19.7 Å². The Labute approximate surface area is 163 Å². The molecule has 1 aromatic heterocycles. The average Bonchev–Trinajstić information content (AvgIpc) is 2.98. The van der Waals surface area contributed by atoms with Gasteiger partial charge in [-0.25, -0.2) is 0 Å². The Morgan fingerprint density at radius 1 is 1.41 bits per heavy atom. The van der Waals surface area contributed by atoms with Gasteiger partial charge in [-0.2, -0.15) is 5.10 Å². The van der Waals surface area contributed by atoms with Crippen molar-refractivity contribution < 1.29 is 19.4 Å². The minimum Gasteiger partial charge on any atom is -0.388 e. The van der Waals surface area contributed by atoms with Gasteiger partial charge in [0.15, 0.2) is 5.69 Å². The van der Waals surface area contributed by atoms with Gasteiger partial charge >= 0.3 is 0 Å². The molecule has 0 aromatic carbocycles. The number of carbonyl (C=O) groups is 2. The van der Waals surface area contributed by atoms with Gasteiger partial charge in [-0.1, -0.05) is 18.5 Å². The number of rotatable bonds is 3. The third-order valence-electron chi connectivity index (χ3n) is 5.74. The van der Waals surface area contributed by atoms with Crippen molar-refractivity contribution in [1.29, 1.82) is 0 Å².